The Bertz CT molecular complexity index is 377. The van der Waals surface area contributed by atoms with Gasteiger partial charge in [0.25, 0.3) is 0 Å². The molecule has 2 fully saturated rings. The first kappa shape index (κ1) is 14.1. The van der Waals surface area contributed by atoms with E-state index in [2.05, 4.69) is 5.32 Å². The van der Waals surface area contributed by atoms with E-state index in [4.69, 9.17) is 4.74 Å². The minimum Gasteiger partial charge on any atom is -0.481 e. The molecular weight excluding hydrogens is 248 g/mol. The average molecular weight is 270 g/mol. The molecule has 108 valence electrons. The number of nitrogens with one attached hydrogen (secondary N) is 1. The Hall–Kier alpha value is -1.30. The number of urea groups is 1. The zero-order valence-corrected chi connectivity index (χ0v) is 11.6. The number of carbonyl (C=O) groups is 2. The lowest BCUT2D eigenvalue weighted by molar-refractivity contribution is -0.153. The van der Waals surface area contributed by atoms with Gasteiger partial charge in [-0.15, -0.1) is 0 Å². The summed E-state index contributed by atoms with van der Waals surface area (Å²) in [5, 5.41) is 12.0. The number of rotatable bonds is 3. The number of morpholine rings is 1. The van der Waals surface area contributed by atoms with Crippen LogP contribution in [-0.2, 0) is 9.53 Å². The van der Waals surface area contributed by atoms with E-state index >= 15 is 0 Å². The molecular formula is C13H22N2O4. The van der Waals surface area contributed by atoms with E-state index in [9.17, 15) is 14.7 Å². The van der Waals surface area contributed by atoms with E-state index < -0.39 is 11.4 Å². The molecule has 0 atom stereocenters. The highest BCUT2D eigenvalue weighted by Crippen LogP contribution is 2.40. The smallest absolute Gasteiger partial charge is 0.318 e. The number of hydrogen-bond acceptors (Lipinski definition) is 3. The largest absolute Gasteiger partial charge is 0.481 e. The molecule has 0 radical (unpaired) electrons. The van der Waals surface area contributed by atoms with Crippen molar-refractivity contribution < 1.29 is 19.4 Å². The van der Waals surface area contributed by atoms with Crippen LogP contribution in [0.4, 0.5) is 4.79 Å². The number of aliphatic carboxylic acids is 1. The highest BCUT2D eigenvalue weighted by Gasteiger charge is 2.45. The second-order valence-corrected chi connectivity index (χ2v) is 6.11. The van der Waals surface area contributed by atoms with Crippen LogP contribution in [0.2, 0.25) is 0 Å². The maximum atomic E-state index is 12.2. The van der Waals surface area contributed by atoms with E-state index in [1.807, 2.05) is 13.8 Å². The maximum absolute atomic E-state index is 12.2. The van der Waals surface area contributed by atoms with Crippen LogP contribution in [0.25, 0.3) is 0 Å². The van der Waals surface area contributed by atoms with Gasteiger partial charge in [-0.3, -0.25) is 4.79 Å². The molecule has 0 spiro atoms. The van der Waals surface area contributed by atoms with Crippen molar-refractivity contribution in [3.63, 3.8) is 0 Å². The van der Waals surface area contributed by atoms with Gasteiger partial charge < -0.3 is 20.1 Å². The van der Waals surface area contributed by atoms with Gasteiger partial charge in [-0.1, -0.05) is 6.42 Å². The quantitative estimate of drug-likeness (QED) is 0.803. The third-order valence-electron chi connectivity index (χ3n) is 4.23. The van der Waals surface area contributed by atoms with Gasteiger partial charge in [0.15, 0.2) is 0 Å². The summed E-state index contributed by atoms with van der Waals surface area (Å²) in [6.45, 7) is 5.68. The summed E-state index contributed by atoms with van der Waals surface area (Å²) >= 11 is 0. The van der Waals surface area contributed by atoms with Crippen molar-refractivity contribution in [1.29, 1.82) is 0 Å². The lowest BCUT2D eigenvalue weighted by Gasteiger charge is -2.43. The molecule has 6 nitrogen and oxygen atoms in total. The van der Waals surface area contributed by atoms with Crippen LogP contribution < -0.4 is 5.32 Å². The molecule has 19 heavy (non-hydrogen) atoms. The Morgan fingerprint density at radius 2 is 2.05 bits per heavy atom. The van der Waals surface area contributed by atoms with Crippen molar-refractivity contribution in [1.82, 2.24) is 10.2 Å². The second kappa shape index (κ2) is 5.00. The second-order valence-electron chi connectivity index (χ2n) is 6.11. The van der Waals surface area contributed by atoms with Crippen molar-refractivity contribution in [3.8, 4) is 0 Å². The summed E-state index contributed by atoms with van der Waals surface area (Å²) in [6.07, 6.45) is 2.22. The summed E-state index contributed by atoms with van der Waals surface area (Å²) in [7, 11) is 0. The topological polar surface area (TPSA) is 78.9 Å². The average Bonchev–Trinajstić information content (AvgIpc) is 2.26. The molecule has 2 N–H and O–H groups in total. The number of amides is 2. The lowest BCUT2D eigenvalue weighted by Crippen LogP contribution is -2.60. The number of nitrogens with zero attached hydrogens (tertiary/aromatic N) is 1. The van der Waals surface area contributed by atoms with Crippen LogP contribution in [0, 0.1) is 5.41 Å². The van der Waals surface area contributed by atoms with Crippen LogP contribution in [0.5, 0.6) is 0 Å². The summed E-state index contributed by atoms with van der Waals surface area (Å²) in [5.41, 5.74) is -1.09. The molecule has 1 heterocycles. The van der Waals surface area contributed by atoms with Gasteiger partial charge in [0, 0.05) is 13.1 Å². The first-order valence-corrected chi connectivity index (χ1v) is 6.74. The molecule has 2 rings (SSSR count). The first-order valence-electron chi connectivity index (χ1n) is 6.74. The molecule has 1 saturated heterocycles. The third kappa shape index (κ3) is 2.68. The van der Waals surface area contributed by atoms with Crippen LogP contribution in [0.15, 0.2) is 0 Å². The fraction of sp³-hybridized carbons (Fsp3) is 0.846. The van der Waals surface area contributed by atoms with Crippen molar-refractivity contribution in [2.75, 3.05) is 26.3 Å². The van der Waals surface area contributed by atoms with E-state index in [1.54, 1.807) is 4.90 Å². The van der Waals surface area contributed by atoms with Gasteiger partial charge in [-0.25, -0.2) is 4.79 Å². The van der Waals surface area contributed by atoms with Crippen LogP contribution in [0.3, 0.4) is 0 Å². The Labute approximate surface area is 113 Å². The van der Waals surface area contributed by atoms with Crippen molar-refractivity contribution in [2.24, 2.45) is 5.41 Å². The fourth-order valence-corrected chi connectivity index (χ4v) is 2.64. The monoisotopic (exact) mass is 270 g/mol. The molecule has 0 bridgehead atoms. The molecule has 2 aliphatic rings. The third-order valence-corrected chi connectivity index (χ3v) is 4.23. The molecule has 0 aromatic heterocycles. The SMILES string of the molecule is CC1(C)COCCN1C(=O)NCC1(C(=O)O)CCC1. The zero-order valence-electron chi connectivity index (χ0n) is 11.6. The summed E-state index contributed by atoms with van der Waals surface area (Å²) in [4.78, 5) is 25.2. The Kier molecular flexibility index (Phi) is 3.71. The van der Waals surface area contributed by atoms with Gasteiger partial charge >= 0.3 is 12.0 Å². The number of hydrogen-bond donors (Lipinski definition) is 2. The molecule has 1 aliphatic carbocycles. The van der Waals surface area contributed by atoms with Crippen LogP contribution in [0.1, 0.15) is 33.1 Å². The van der Waals surface area contributed by atoms with Crippen molar-refractivity contribution in [2.45, 2.75) is 38.6 Å². The highest BCUT2D eigenvalue weighted by atomic mass is 16.5. The molecule has 1 aliphatic heterocycles. The molecule has 0 unspecified atom stereocenters. The van der Waals surface area contributed by atoms with E-state index in [0.717, 1.165) is 6.42 Å². The summed E-state index contributed by atoms with van der Waals surface area (Å²) < 4.78 is 5.37. The Morgan fingerprint density at radius 3 is 2.53 bits per heavy atom. The number of carboxylic acids is 1. The van der Waals surface area contributed by atoms with Crippen molar-refractivity contribution in [3.05, 3.63) is 0 Å². The van der Waals surface area contributed by atoms with E-state index in [0.29, 0.717) is 32.6 Å². The van der Waals surface area contributed by atoms with Gasteiger partial charge in [0.05, 0.1) is 24.2 Å². The molecule has 2 amide bonds. The van der Waals surface area contributed by atoms with Crippen LogP contribution in [-0.4, -0.2) is 53.8 Å². The predicted molar refractivity (Wildman–Crippen MR) is 68.9 cm³/mol. The van der Waals surface area contributed by atoms with Gasteiger partial charge in [0.1, 0.15) is 0 Å². The molecule has 6 heteroatoms. The summed E-state index contributed by atoms with van der Waals surface area (Å²) in [6, 6.07) is -0.194. The summed E-state index contributed by atoms with van der Waals surface area (Å²) in [5.74, 6) is -0.805. The normalized spacial score (nSPS) is 24.4. The van der Waals surface area contributed by atoms with E-state index in [-0.39, 0.29) is 18.1 Å². The highest BCUT2D eigenvalue weighted by molar-refractivity contribution is 5.79. The standard InChI is InChI=1S/C13H22N2O4/c1-12(2)9-19-7-6-15(12)11(18)14-8-13(10(16)17)4-3-5-13/h3-9H2,1-2H3,(H,14,18)(H,16,17). The van der Waals surface area contributed by atoms with Crippen molar-refractivity contribution >= 4 is 12.0 Å². The number of carbonyl (C=O) groups excluding carboxylic acids is 1. The first-order chi connectivity index (χ1) is 8.87. The lowest BCUT2D eigenvalue weighted by atomic mass is 9.69. The predicted octanol–water partition coefficient (Wildman–Crippen LogP) is 1.06. The number of carboxylic acid groups (broad SMARTS) is 1. The Morgan fingerprint density at radius 1 is 1.37 bits per heavy atom. The van der Waals surface area contributed by atoms with E-state index in [1.165, 1.54) is 0 Å². The number of ether oxygens (including phenoxy) is 1. The molecule has 0 aromatic carbocycles. The van der Waals surface area contributed by atoms with Gasteiger partial charge in [-0.2, -0.15) is 0 Å². The zero-order chi connectivity index (χ0) is 14.1. The van der Waals surface area contributed by atoms with Gasteiger partial charge in [-0.05, 0) is 26.7 Å². The minimum atomic E-state index is -0.805. The fourth-order valence-electron chi connectivity index (χ4n) is 2.64. The minimum absolute atomic E-state index is 0.194. The molecule has 1 saturated carbocycles. The maximum Gasteiger partial charge on any atom is 0.318 e. The van der Waals surface area contributed by atoms with Crippen LogP contribution >= 0.6 is 0 Å². The Balaban J connectivity index is 1.92. The molecule has 0 aromatic rings. The van der Waals surface area contributed by atoms with Gasteiger partial charge in [0.2, 0.25) is 0 Å².